The number of halogens is 4. The lowest BCUT2D eigenvalue weighted by molar-refractivity contribution is -0.384. The van der Waals surface area contributed by atoms with Crippen LogP contribution in [0.4, 0.5) is 29.3 Å². The summed E-state index contributed by atoms with van der Waals surface area (Å²) in [6.45, 7) is 1.22. The van der Waals surface area contributed by atoms with E-state index in [-0.39, 0.29) is 51.8 Å². The van der Waals surface area contributed by atoms with Crippen LogP contribution in [0.3, 0.4) is 0 Å². The van der Waals surface area contributed by atoms with Gasteiger partial charge in [0.05, 0.1) is 39.8 Å². The van der Waals surface area contributed by atoms with Gasteiger partial charge in [0.1, 0.15) is 18.9 Å². The minimum absolute atomic E-state index is 0.0183. The van der Waals surface area contributed by atoms with Gasteiger partial charge < -0.3 is 19.5 Å². The first-order valence-electron chi connectivity index (χ1n) is 12.9. The summed E-state index contributed by atoms with van der Waals surface area (Å²) in [5.41, 5.74) is -0.381. The lowest BCUT2D eigenvalue weighted by Crippen LogP contribution is -2.36. The normalized spacial score (nSPS) is 14.1. The summed E-state index contributed by atoms with van der Waals surface area (Å²) in [4.78, 5) is 49.3. The summed E-state index contributed by atoms with van der Waals surface area (Å²) in [6, 6.07) is 11.3. The zero-order valence-electron chi connectivity index (χ0n) is 23.5. The van der Waals surface area contributed by atoms with E-state index < -0.39 is 40.3 Å². The number of nitrogens with one attached hydrogen (secondary N) is 1. The number of benzene rings is 3. The predicted molar refractivity (Wildman–Crippen MR) is 159 cm³/mol. The molecule has 1 fully saturated rings. The summed E-state index contributed by atoms with van der Waals surface area (Å²) >= 11 is 7.03. The highest BCUT2D eigenvalue weighted by molar-refractivity contribution is 8.18. The molecule has 45 heavy (non-hydrogen) atoms. The standard InChI is InChI=1S/C29H23ClF3N3O8S/c1-3-43-23-11-17(10-20(30)26(23)44-15-16-4-7-19(8-5-16)36(40)41)12-24-27(38)35(28(39)45-24)14-25(37)34-21-13-18(29(31,32)33)6-9-22(21)42-2/h4-13H,3,14-15H2,1-2H3,(H,34,37)/b24-12-. The molecule has 0 radical (unpaired) electrons. The molecule has 3 aromatic rings. The number of anilines is 1. The highest BCUT2D eigenvalue weighted by Crippen LogP contribution is 2.40. The molecule has 4 rings (SSSR count). The highest BCUT2D eigenvalue weighted by atomic mass is 35.5. The van der Waals surface area contributed by atoms with E-state index in [1.165, 1.54) is 49.6 Å². The number of nitro benzene ring substituents is 1. The van der Waals surface area contributed by atoms with Crippen LogP contribution in [0.25, 0.3) is 6.08 Å². The second-order valence-corrected chi connectivity index (χ2v) is 10.6. The van der Waals surface area contributed by atoms with Gasteiger partial charge >= 0.3 is 6.18 Å². The molecule has 0 bridgehead atoms. The van der Waals surface area contributed by atoms with Crippen LogP contribution in [0.5, 0.6) is 17.2 Å². The molecule has 0 unspecified atom stereocenters. The average Bonchev–Trinajstić information content (AvgIpc) is 3.23. The van der Waals surface area contributed by atoms with Crippen LogP contribution < -0.4 is 19.5 Å². The highest BCUT2D eigenvalue weighted by Gasteiger charge is 2.37. The number of thioether (sulfide) groups is 1. The van der Waals surface area contributed by atoms with Crippen molar-refractivity contribution in [2.45, 2.75) is 19.7 Å². The van der Waals surface area contributed by atoms with Crippen LogP contribution in [0.2, 0.25) is 5.02 Å². The van der Waals surface area contributed by atoms with Gasteiger partial charge in [0.15, 0.2) is 11.5 Å². The fourth-order valence-corrected chi connectivity index (χ4v) is 5.16. The molecule has 0 atom stereocenters. The SMILES string of the molecule is CCOc1cc(/C=C2\SC(=O)N(CC(=O)Nc3cc(C(F)(F)F)ccc3OC)C2=O)cc(Cl)c1OCc1ccc([N+](=O)[O-])cc1. The van der Waals surface area contributed by atoms with Gasteiger partial charge in [0.2, 0.25) is 5.91 Å². The molecule has 0 aromatic heterocycles. The Kier molecular flexibility index (Phi) is 10.2. The number of ether oxygens (including phenoxy) is 3. The Hall–Kier alpha value is -4.76. The predicted octanol–water partition coefficient (Wildman–Crippen LogP) is 6.93. The van der Waals surface area contributed by atoms with Crippen LogP contribution in [0.1, 0.15) is 23.6 Å². The van der Waals surface area contributed by atoms with Crippen LogP contribution in [-0.2, 0) is 22.4 Å². The molecule has 3 amide bonds. The number of hydrogen-bond acceptors (Lipinski definition) is 9. The summed E-state index contributed by atoms with van der Waals surface area (Å²) in [5, 5.41) is 12.5. The molecule has 0 aliphatic carbocycles. The zero-order chi connectivity index (χ0) is 32.9. The molecule has 3 aromatic carbocycles. The van der Waals surface area contributed by atoms with Gasteiger partial charge in [0, 0.05) is 12.1 Å². The number of hydrogen-bond donors (Lipinski definition) is 1. The van der Waals surface area contributed by atoms with E-state index in [1.807, 2.05) is 0 Å². The van der Waals surface area contributed by atoms with Crippen molar-refractivity contribution >= 4 is 57.9 Å². The fraction of sp³-hybridized carbons (Fsp3) is 0.207. The van der Waals surface area contributed by atoms with Crippen LogP contribution in [0, 0.1) is 10.1 Å². The topological polar surface area (TPSA) is 137 Å². The van der Waals surface area contributed by atoms with Crippen molar-refractivity contribution in [2.75, 3.05) is 25.6 Å². The van der Waals surface area contributed by atoms with Crippen molar-refractivity contribution in [2.24, 2.45) is 0 Å². The van der Waals surface area contributed by atoms with Gasteiger partial charge in [-0.2, -0.15) is 13.2 Å². The summed E-state index contributed by atoms with van der Waals surface area (Å²) in [6.07, 6.45) is -3.31. The maximum Gasteiger partial charge on any atom is 0.416 e. The van der Waals surface area contributed by atoms with E-state index in [9.17, 15) is 37.7 Å². The van der Waals surface area contributed by atoms with Crippen molar-refractivity contribution in [1.82, 2.24) is 4.90 Å². The van der Waals surface area contributed by atoms with Crippen LogP contribution in [0.15, 0.2) is 59.5 Å². The Bertz CT molecular complexity index is 1680. The van der Waals surface area contributed by atoms with Crippen LogP contribution in [-0.4, -0.2) is 47.1 Å². The number of nitrogens with zero attached hydrogens (tertiary/aromatic N) is 2. The van der Waals surface area contributed by atoms with E-state index in [2.05, 4.69) is 5.32 Å². The fourth-order valence-electron chi connectivity index (χ4n) is 4.05. The molecule has 236 valence electrons. The Morgan fingerprint density at radius 2 is 1.80 bits per heavy atom. The maximum absolute atomic E-state index is 13.1. The minimum Gasteiger partial charge on any atom is -0.495 e. The van der Waals surface area contributed by atoms with E-state index in [1.54, 1.807) is 6.92 Å². The third-order valence-electron chi connectivity index (χ3n) is 6.14. The largest absolute Gasteiger partial charge is 0.495 e. The number of non-ortho nitro benzene ring substituents is 1. The van der Waals surface area contributed by atoms with Gasteiger partial charge in [0.25, 0.3) is 16.8 Å². The van der Waals surface area contributed by atoms with E-state index in [0.29, 0.717) is 33.9 Å². The summed E-state index contributed by atoms with van der Waals surface area (Å²) < 4.78 is 55.9. The molecule has 1 saturated heterocycles. The third kappa shape index (κ3) is 8.05. The smallest absolute Gasteiger partial charge is 0.416 e. The molecule has 1 aliphatic rings. The van der Waals surface area contributed by atoms with Crippen molar-refractivity contribution in [3.8, 4) is 17.2 Å². The Balaban J connectivity index is 1.49. The second kappa shape index (κ2) is 13.9. The van der Waals surface area contributed by atoms with Crippen molar-refractivity contribution in [1.29, 1.82) is 0 Å². The summed E-state index contributed by atoms with van der Waals surface area (Å²) in [5.74, 6) is -1.36. The molecular formula is C29H23ClF3N3O8S. The molecular weight excluding hydrogens is 643 g/mol. The number of nitro groups is 1. The van der Waals surface area contributed by atoms with Crippen molar-refractivity contribution in [3.05, 3.63) is 91.3 Å². The molecule has 1 N–H and O–H groups in total. The average molecular weight is 666 g/mol. The minimum atomic E-state index is -4.68. The first kappa shape index (κ1) is 33.1. The number of carbonyl (C=O) groups is 3. The molecule has 1 heterocycles. The first-order valence-corrected chi connectivity index (χ1v) is 14.1. The molecule has 16 heteroatoms. The number of imide groups is 1. The van der Waals surface area contributed by atoms with Gasteiger partial charge in [-0.1, -0.05) is 11.6 Å². The Morgan fingerprint density at radius 1 is 1.09 bits per heavy atom. The zero-order valence-corrected chi connectivity index (χ0v) is 25.0. The number of methoxy groups -OCH3 is 1. The first-order chi connectivity index (χ1) is 21.3. The lowest BCUT2D eigenvalue weighted by atomic mass is 10.1. The third-order valence-corrected chi connectivity index (χ3v) is 7.32. The van der Waals surface area contributed by atoms with E-state index >= 15 is 0 Å². The van der Waals surface area contributed by atoms with Crippen molar-refractivity contribution in [3.63, 3.8) is 0 Å². The van der Waals surface area contributed by atoms with Gasteiger partial charge in [-0.15, -0.1) is 0 Å². The quantitative estimate of drug-likeness (QED) is 0.131. The number of amides is 3. The number of carbonyl (C=O) groups excluding carboxylic acids is 3. The van der Waals surface area contributed by atoms with Gasteiger partial charge in [-0.05, 0) is 78.4 Å². The lowest BCUT2D eigenvalue weighted by Gasteiger charge is -2.16. The molecule has 1 aliphatic heterocycles. The summed E-state index contributed by atoms with van der Waals surface area (Å²) in [7, 11) is 1.21. The number of rotatable bonds is 11. The second-order valence-electron chi connectivity index (χ2n) is 9.20. The van der Waals surface area contributed by atoms with Gasteiger partial charge in [-0.25, -0.2) is 0 Å². The van der Waals surface area contributed by atoms with E-state index in [0.717, 1.165) is 12.1 Å². The number of alkyl halides is 3. The van der Waals surface area contributed by atoms with Gasteiger partial charge in [-0.3, -0.25) is 29.4 Å². The monoisotopic (exact) mass is 665 g/mol. The molecule has 0 saturated carbocycles. The maximum atomic E-state index is 13.1. The Labute approximate surface area is 263 Å². The molecule has 11 nitrogen and oxygen atoms in total. The van der Waals surface area contributed by atoms with E-state index in [4.69, 9.17) is 25.8 Å². The molecule has 0 spiro atoms. The van der Waals surface area contributed by atoms with Crippen molar-refractivity contribution < 1.29 is 46.7 Å². The Morgan fingerprint density at radius 3 is 2.42 bits per heavy atom. The van der Waals surface area contributed by atoms with Crippen LogP contribution >= 0.6 is 23.4 Å².